The molecule has 9 heteroatoms. The Bertz CT molecular complexity index is 931. The number of likely N-dealkylation sites (N-methyl/N-ethyl adjacent to an activating group) is 1. The number of fused-ring (bicyclic) bond motifs is 1. The van der Waals surface area contributed by atoms with Crippen LogP contribution in [0.25, 0.3) is 0 Å². The lowest BCUT2D eigenvalue weighted by atomic mass is 10.0. The summed E-state index contributed by atoms with van der Waals surface area (Å²) >= 11 is 0. The zero-order valence-corrected chi connectivity index (χ0v) is 15.6. The fraction of sp³-hybridized carbons (Fsp3) is 0.300. The van der Waals surface area contributed by atoms with Crippen LogP contribution in [0, 0.1) is 0 Å². The SMILES string of the molecule is CN1CCc2cc([C@@H](O)CNC(=O)C(=O)Nc3cccc(C(F)(F)F)c3)ccc21. The van der Waals surface area contributed by atoms with Crippen molar-refractivity contribution >= 4 is 23.2 Å². The molecule has 29 heavy (non-hydrogen) atoms. The van der Waals surface area contributed by atoms with Gasteiger partial charge in [-0.3, -0.25) is 9.59 Å². The lowest BCUT2D eigenvalue weighted by Crippen LogP contribution is -2.37. The standard InChI is InChI=1S/C20H20F3N3O3/c1-26-8-7-12-9-13(5-6-16(12)26)17(27)11-24-18(28)19(29)25-15-4-2-3-14(10-15)20(21,22)23/h2-6,9-10,17,27H,7-8,11H2,1H3,(H,24,28)(H,25,29)/t17-/m0/s1. The predicted molar refractivity (Wildman–Crippen MR) is 101 cm³/mol. The van der Waals surface area contributed by atoms with Crippen LogP contribution in [0.5, 0.6) is 0 Å². The zero-order chi connectivity index (χ0) is 21.2. The number of hydrogen-bond acceptors (Lipinski definition) is 4. The molecule has 0 radical (unpaired) electrons. The highest BCUT2D eigenvalue weighted by molar-refractivity contribution is 6.39. The van der Waals surface area contributed by atoms with Crippen molar-refractivity contribution in [3.63, 3.8) is 0 Å². The third-order valence-electron chi connectivity index (χ3n) is 4.73. The van der Waals surface area contributed by atoms with E-state index >= 15 is 0 Å². The first kappa shape index (κ1) is 20.7. The number of benzene rings is 2. The molecule has 3 rings (SSSR count). The van der Waals surface area contributed by atoms with Gasteiger partial charge in [-0.15, -0.1) is 0 Å². The van der Waals surface area contributed by atoms with Gasteiger partial charge in [0.2, 0.25) is 0 Å². The maximum Gasteiger partial charge on any atom is 0.416 e. The van der Waals surface area contributed by atoms with Gasteiger partial charge in [-0.2, -0.15) is 13.2 Å². The van der Waals surface area contributed by atoms with Crippen molar-refractivity contribution in [2.75, 3.05) is 30.4 Å². The highest BCUT2D eigenvalue weighted by Crippen LogP contribution is 2.31. The number of aliphatic hydroxyl groups excluding tert-OH is 1. The van der Waals surface area contributed by atoms with Gasteiger partial charge in [0, 0.05) is 31.5 Å². The van der Waals surface area contributed by atoms with E-state index < -0.39 is 29.7 Å². The van der Waals surface area contributed by atoms with Crippen LogP contribution < -0.4 is 15.5 Å². The number of nitrogens with zero attached hydrogens (tertiary/aromatic N) is 1. The topological polar surface area (TPSA) is 81.7 Å². The molecule has 1 aliphatic rings. The number of hydrogen-bond donors (Lipinski definition) is 3. The van der Waals surface area contributed by atoms with Crippen LogP contribution in [0.3, 0.4) is 0 Å². The van der Waals surface area contributed by atoms with E-state index in [2.05, 4.69) is 15.5 Å². The van der Waals surface area contributed by atoms with Crippen molar-refractivity contribution in [2.45, 2.75) is 18.7 Å². The maximum atomic E-state index is 12.7. The Balaban J connectivity index is 1.56. The van der Waals surface area contributed by atoms with Crippen LogP contribution in [0.1, 0.15) is 22.8 Å². The summed E-state index contributed by atoms with van der Waals surface area (Å²) in [5.74, 6) is -2.17. The van der Waals surface area contributed by atoms with Crippen LogP contribution in [-0.2, 0) is 22.2 Å². The first-order chi connectivity index (χ1) is 13.6. The number of halogens is 3. The maximum absolute atomic E-state index is 12.7. The Hall–Kier alpha value is -3.07. The van der Waals surface area contributed by atoms with Crippen LogP contribution >= 0.6 is 0 Å². The summed E-state index contributed by atoms with van der Waals surface area (Å²) in [6.07, 6.45) is -4.72. The van der Waals surface area contributed by atoms with Crippen LogP contribution in [0.15, 0.2) is 42.5 Å². The third kappa shape index (κ3) is 4.86. The molecule has 2 aromatic carbocycles. The van der Waals surface area contributed by atoms with E-state index in [0.717, 1.165) is 42.4 Å². The van der Waals surface area contributed by atoms with Gasteiger partial charge in [-0.05, 0) is 41.8 Å². The van der Waals surface area contributed by atoms with Crippen molar-refractivity contribution in [1.29, 1.82) is 0 Å². The van der Waals surface area contributed by atoms with Crippen molar-refractivity contribution in [3.8, 4) is 0 Å². The van der Waals surface area contributed by atoms with Gasteiger partial charge in [0.25, 0.3) is 0 Å². The first-order valence-electron chi connectivity index (χ1n) is 8.93. The van der Waals surface area contributed by atoms with Crippen molar-refractivity contribution < 1.29 is 27.9 Å². The van der Waals surface area contributed by atoms with Gasteiger partial charge < -0.3 is 20.6 Å². The molecule has 3 N–H and O–H groups in total. The highest BCUT2D eigenvalue weighted by Gasteiger charge is 2.30. The number of amides is 2. The highest BCUT2D eigenvalue weighted by atomic mass is 19.4. The Morgan fingerprint density at radius 2 is 1.93 bits per heavy atom. The lowest BCUT2D eigenvalue weighted by Gasteiger charge is -2.15. The molecule has 1 heterocycles. The van der Waals surface area contributed by atoms with Crippen LogP contribution in [-0.4, -0.2) is 37.1 Å². The van der Waals surface area contributed by atoms with Gasteiger partial charge in [0.05, 0.1) is 11.7 Å². The monoisotopic (exact) mass is 407 g/mol. The Kier molecular flexibility index (Phi) is 5.78. The summed E-state index contributed by atoms with van der Waals surface area (Å²) in [6.45, 7) is 0.685. The number of anilines is 2. The fourth-order valence-electron chi connectivity index (χ4n) is 3.14. The Morgan fingerprint density at radius 1 is 1.17 bits per heavy atom. The third-order valence-corrected chi connectivity index (χ3v) is 4.73. The van der Waals surface area contributed by atoms with Gasteiger partial charge in [0.1, 0.15) is 0 Å². The zero-order valence-electron chi connectivity index (χ0n) is 15.6. The molecule has 0 saturated heterocycles. The molecule has 0 spiro atoms. The number of rotatable bonds is 4. The Labute approximate surface area is 165 Å². The molecule has 0 unspecified atom stereocenters. The molecule has 2 amide bonds. The number of carbonyl (C=O) groups excluding carboxylic acids is 2. The number of nitrogens with one attached hydrogen (secondary N) is 2. The molecule has 154 valence electrons. The molecule has 0 aromatic heterocycles. The Morgan fingerprint density at radius 3 is 2.66 bits per heavy atom. The molecule has 1 aliphatic heterocycles. The summed E-state index contributed by atoms with van der Waals surface area (Å²) in [7, 11) is 1.98. The van der Waals surface area contributed by atoms with Crippen molar-refractivity contribution in [3.05, 3.63) is 59.2 Å². The van der Waals surface area contributed by atoms with Crippen LogP contribution in [0.4, 0.5) is 24.5 Å². The van der Waals surface area contributed by atoms with E-state index in [1.807, 2.05) is 19.2 Å². The minimum absolute atomic E-state index is 0.150. The smallest absolute Gasteiger partial charge is 0.387 e. The van der Waals surface area contributed by atoms with Crippen LogP contribution in [0.2, 0.25) is 0 Å². The van der Waals surface area contributed by atoms with Gasteiger partial charge in [-0.1, -0.05) is 18.2 Å². The van der Waals surface area contributed by atoms with E-state index in [4.69, 9.17) is 0 Å². The van der Waals surface area contributed by atoms with E-state index in [0.29, 0.717) is 5.56 Å². The molecule has 0 bridgehead atoms. The minimum Gasteiger partial charge on any atom is -0.387 e. The number of alkyl halides is 3. The van der Waals surface area contributed by atoms with Gasteiger partial charge in [-0.25, -0.2) is 0 Å². The molecular formula is C20H20F3N3O3. The fourth-order valence-corrected chi connectivity index (χ4v) is 3.14. The predicted octanol–water partition coefficient (Wildman–Crippen LogP) is 2.49. The summed E-state index contributed by atoms with van der Waals surface area (Å²) in [6, 6.07) is 9.48. The largest absolute Gasteiger partial charge is 0.416 e. The average molecular weight is 407 g/mol. The molecule has 0 aliphatic carbocycles. The summed E-state index contributed by atoms with van der Waals surface area (Å²) in [4.78, 5) is 26.0. The van der Waals surface area contributed by atoms with Crippen molar-refractivity contribution in [1.82, 2.24) is 5.32 Å². The second kappa shape index (κ2) is 8.12. The van der Waals surface area contributed by atoms with Crippen molar-refractivity contribution in [2.24, 2.45) is 0 Å². The van der Waals surface area contributed by atoms with Gasteiger partial charge in [0.15, 0.2) is 0 Å². The second-order valence-electron chi connectivity index (χ2n) is 6.82. The summed E-state index contributed by atoms with van der Waals surface area (Å²) in [5, 5.41) is 14.7. The normalized spacial score (nSPS) is 14.3. The van der Waals surface area contributed by atoms with E-state index in [1.165, 1.54) is 6.07 Å². The van der Waals surface area contributed by atoms with E-state index in [9.17, 15) is 27.9 Å². The quantitative estimate of drug-likeness (QED) is 0.681. The summed E-state index contributed by atoms with van der Waals surface area (Å²) in [5.41, 5.74) is 1.71. The lowest BCUT2D eigenvalue weighted by molar-refractivity contribution is -0.137. The molecule has 6 nitrogen and oxygen atoms in total. The molecule has 1 atom stereocenters. The molecular weight excluding hydrogens is 387 g/mol. The van der Waals surface area contributed by atoms with E-state index in [1.54, 1.807) is 6.07 Å². The van der Waals surface area contributed by atoms with E-state index in [-0.39, 0.29) is 12.2 Å². The number of carbonyl (C=O) groups is 2. The molecule has 0 fully saturated rings. The van der Waals surface area contributed by atoms with Gasteiger partial charge >= 0.3 is 18.0 Å². The minimum atomic E-state index is -4.56. The molecule has 0 saturated carbocycles. The average Bonchev–Trinajstić information content (AvgIpc) is 3.05. The second-order valence-corrected chi connectivity index (χ2v) is 6.82. The summed E-state index contributed by atoms with van der Waals surface area (Å²) < 4.78 is 38.1. The first-order valence-corrected chi connectivity index (χ1v) is 8.93. The number of aliphatic hydroxyl groups is 1. The molecule has 2 aromatic rings.